The van der Waals surface area contributed by atoms with Crippen molar-refractivity contribution in [3.05, 3.63) is 0 Å². The highest BCUT2D eigenvalue weighted by Crippen LogP contribution is 2.18. The molecule has 0 saturated carbocycles. The molecule has 1 aliphatic heterocycles. The van der Waals surface area contributed by atoms with Gasteiger partial charge in [-0.1, -0.05) is 13.8 Å². The van der Waals surface area contributed by atoms with E-state index in [0.29, 0.717) is 11.9 Å². The number of piperidine rings is 1. The zero-order valence-corrected chi connectivity index (χ0v) is 8.34. The Bertz CT molecular complexity index is 165. The van der Waals surface area contributed by atoms with Crippen LogP contribution < -0.4 is 0 Å². The van der Waals surface area contributed by atoms with Crippen molar-refractivity contribution >= 4 is 5.91 Å². The maximum atomic E-state index is 11.6. The van der Waals surface area contributed by atoms with Gasteiger partial charge in [0.25, 0.3) is 0 Å². The van der Waals surface area contributed by atoms with Crippen molar-refractivity contribution in [1.82, 2.24) is 4.90 Å². The van der Waals surface area contributed by atoms with Gasteiger partial charge in [0.05, 0.1) is 0 Å². The van der Waals surface area contributed by atoms with Gasteiger partial charge >= 0.3 is 0 Å². The predicted octanol–water partition coefficient (Wildman–Crippen LogP) is 2.04. The van der Waals surface area contributed by atoms with Gasteiger partial charge in [0.15, 0.2) is 0 Å². The SMILES string of the molecule is CC(C)C(=O)N1CCCCC1C. The van der Waals surface area contributed by atoms with Crippen LogP contribution in [0.1, 0.15) is 40.0 Å². The van der Waals surface area contributed by atoms with E-state index in [1.165, 1.54) is 19.3 Å². The maximum Gasteiger partial charge on any atom is 0.225 e. The lowest BCUT2D eigenvalue weighted by Gasteiger charge is -2.34. The van der Waals surface area contributed by atoms with Crippen molar-refractivity contribution in [2.75, 3.05) is 6.54 Å². The number of likely N-dealkylation sites (tertiary alicyclic amines) is 1. The van der Waals surface area contributed by atoms with Crippen molar-refractivity contribution in [3.63, 3.8) is 0 Å². The van der Waals surface area contributed by atoms with Crippen molar-refractivity contribution in [1.29, 1.82) is 0 Å². The van der Waals surface area contributed by atoms with Gasteiger partial charge in [-0.15, -0.1) is 0 Å². The first-order valence-electron chi connectivity index (χ1n) is 4.93. The highest BCUT2D eigenvalue weighted by Gasteiger charge is 2.24. The lowest BCUT2D eigenvalue weighted by molar-refractivity contribution is -0.137. The first kappa shape index (κ1) is 9.56. The van der Waals surface area contributed by atoms with Gasteiger partial charge in [-0.3, -0.25) is 4.79 Å². The van der Waals surface area contributed by atoms with Crippen molar-refractivity contribution < 1.29 is 4.79 Å². The number of hydrogen-bond donors (Lipinski definition) is 0. The molecular formula is C10H19NO. The predicted molar refractivity (Wildman–Crippen MR) is 49.9 cm³/mol. The molecule has 1 rings (SSSR count). The summed E-state index contributed by atoms with van der Waals surface area (Å²) in [6, 6.07) is 0.466. The summed E-state index contributed by atoms with van der Waals surface area (Å²) in [6.45, 7) is 7.07. The molecule has 1 atom stereocenters. The molecule has 0 spiro atoms. The van der Waals surface area contributed by atoms with E-state index < -0.39 is 0 Å². The Labute approximate surface area is 74.9 Å². The average molecular weight is 169 g/mol. The Hall–Kier alpha value is -0.530. The summed E-state index contributed by atoms with van der Waals surface area (Å²) in [5, 5.41) is 0. The van der Waals surface area contributed by atoms with Crippen molar-refractivity contribution in [2.45, 2.75) is 46.1 Å². The Balaban J connectivity index is 2.53. The highest BCUT2D eigenvalue weighted by atomic mass is 16.2. The number of carbonyl (C=O) groups excluding carboxylic acids is 1. The minimum absolute atomic E-state index is 0.158. The lowest BCUT2D eigenvalue weighted by Crippen LogP contribution is -2.43. The molecule has 1 fully saturated rings. The van der Waals surface area contributed by atoms with E-state index in [2.05, 4.69) is 6.92 Å². The van der Waals surface area contributed by atoms with E-state index in [9.17, 15) is 4.79 Å². The van der Waals surface area contributed by atoms with Crippen molar-refractivity contribution in [2.24, 2.45) is 5.92 Å². The Morgan fingerprint density at radius 2 is 2.08 bits per heavy atom. The largest absolute Gasteiger partial charge is 0.340 e. The molecule has 0 aromatic rings. The maximum absolute atomic E-state index is 11.6. The molecule has 0 aromatic carbocycles. The summed E-state index contributed by atoms with van der Waals surface area (Å²) in [6.07, 6.45) is 3.64. The average Bonchev–Trinajstić information content (AvgIpc) is 2.04. The summed E-state index contributed by atoms with van der Waals surface area (Å²) in [5.74, 6) is 0.479. The third kappa shape index (κ3) is 1.99. The Morgan fingerprint density at radius 1 is 1.42 bits per heavy atom. The molecule has 1 unspecified atom stereocenters. The van der Waals surface area contributed by atoms with Gasteiger partial charge in [0.2, 0.25) is 5.91 Å². The van der Waals surface area contributed by atoms with Crippen LogP contribution in [0.25, 0.3) is 0 Å². The number of rotatable bonds is 1. The number of hydrogen-bond acceptors (Lipinski definition) is 1. The van der Waals surface area contributed by atoms with Crippen LogP contribution in [0.4, 0.5) is 0 Å². The normalized spacial score (nSPS) is 24.7. The fourth-order valence-electron chi connectivity index (χ4n) is 1.76. The minimum atomic E-state index is 0.158. The molecule has 0 radical (unpaired) electrons. The number of amides is 1. The molecule has 1 saturated heterocycles. The van der Waals surface area contributed by atoms with E-state index >= 15 is 0 Å². The quantitative estimate of drug-likeness (QED) is 0.588. The Kier molecular flexibility index (Phi) is 3.12. The zero-order chi connectivity index (χ0) is 9.14. The van der Waals surface area contributed by atoms with Crippen molar-refractivity contribution in [3.8, 4) is 0 Å². The molecule has 0 bridgehead atoms. The number of nitrogens with zero attached hydrogens (tertiary/aromatic N) is 1. The number of carbonyl (C=O) groups is 1. The molecule has 1 amide bonds. The van der Waals surface area contributed by atoms with Gasteiger partial charge in [-0.05, 0) is 26.2 Å². The van der Waals surface area contributed by atoms with Crippen LogP contribution in [0.15, 0.2) is 0 Å². The van der Waals surface area contributed by atoms with E-state index in [1.807, 2.05) is 18.7 Å². The molecule has 12 heavy (non-hydrogen) atoms. The van der Waals surface area contributed by atoms with E-state index in [-0.39, 0.29) is 5.92 Å². The highest BCUT2D eigenvalue weighted by molar-refractivity contribution is 5.78. The van der Waals surface area contributed by atoms with Crippen LogP contribution in [-0.2, 0) is 4.79 Å². The summed E-state index contributed by atoms with van der Waals surface area (Å²) in [5.41, 5.74) is 0. The van der Waals surface area contributed by atoms with Crippen LogP contribution in [0, 0.1) is 5.92 Å². The van der Waals surface area contributed by atoms with Crippen LogP contribution >= 0.6 is 0 Å². The van der Waals surface area contributed by atoms with Crippen LogP contribution in [0.3, 0.4) is 0 Å². The van der Waals surface area contributed by atoms with E-state index in [4.69, 9.17) is 0 Å². The summed E-state index contributed by atoms with van der Waals surface area (Å²) < 4.78 is 0. The summed E-state index contributed by atoms with van der Waals surface area (Å²) in [7, 11) is 0. The second-order valence-corrected chi connectivity index (χ2v) is 4.03. The molecule has 1 heterocycles. The van der Waals surface area contributed by atoms with Crippen LogP contribution in [0.5, 0.6) is 0 Å². The fourth-order valence-corrected chi connectivity index (χ4v) is 1.76. The molecule has 1 aliphatic rings. The zero-order valence-electron chi connectivity index (χ0n) is 8.34. The second-order valence-electron chi connectivity index (χ2n) is 4.03. The van der Waals surface area contributed by atoms with Crippen LogP contribution in [0.2, 0.25) is 0 Å². The van der Waals surface area contributed by atoms with Gasteiger partial charge in [-0.25, -0.2) is 0 Å². The molecular weight excluding hydrogens is 150 g/mol. The summed E-state index contributed by atoms with van der Waals surface area (Å²) >= 11 is 0. The van der Waals surface area contributed by atoms with Gasteiger partial charge in [0.1, 0.15) is 0 Å². The third-order valence-electron chi connectivity index (χ3n) is 2.58. The fraction of sp³-hybridized carbons (Fsp3) is 0.900. The molecule has 2 nitrogen and oxygen atoms in total. The first-order chi connectivity index (χ1) is 5.63. The lowest BCUT2D eigenvalue weighted by atomic mass is 10.0. The van der Waals surface area contributed by atoms with Gasteiger partial charge in [-0.2, -0.15) is 0 Å². The molecule has 0 N–H and O–H groups in total. The summed E-state index contributed by atoms with van der Waals surface area (Å²) in [4.78, 5) is 13.7. The molecule has 0 aromatic heterocycles. The minimum Gasteiger partial charge on any atom is -0.340 e. The smallest absolute Gasteiger partial charge is 0.225 e. The van der Waals surface area contributed by atoms with E-state index in [0.717, 1.165) is 6.54 Å². The third-order valence-corrected chi connectivity index (χ3v) is 2.58. The monoisotopic (exact) mass is 169 g/mol. The second kappa shape index (κ2) is 3.92. The molecule has 2 heteroatoms. The standard InChI is InChI=1S/C10H19NO/c1-8(2)10(12)11-7-5-4-6-9(11)3/h8-9H,4-7H2,1-3H3. The van der Waals surface area contributed by atoms with Gasteiger partial charge in [0, 0.05) is 18.5 Å². The molecule has 0 aliphatic carbocycles. The van der Waals surface area contributed by atoms with E-state index in [1.54, 1.807) is 0 Å². The van der Waals surface area contributed by atoms with Crippen LogP contribution in [-0.4, -0.2) is 23.4 Å². The topological polar surface area (TPSA) is 20.3 Å². The van der Waals surface area contributed by atoms with Gasteiger partial charge < -0.3 is 4.90 Å². The molecule has 70 valence electrons. The first-order valence-corrected chi connectivity index (χ1v) is 4.93. The Morgan fingerprint density at radius 3 is 2.58 bits per heavy atom.